The van der Waals surface area contributed by atoms with Crippen molar-refractivity contribution in [3.8, 4) is 11.5 Å². The molecule has 0 fully saturated rings. The third kappa shape index (κ3) is 3.81. The summed E-state index contributed by atoms with van der Waals surface area (Å²) in [6, 6.07) is 4.02. The molecule has 2 rings (SSSR count). The topological polar surface area (TPSA) is 31.6 Å². The van der Waals surface area contributed by atoms with E-state index in [1.807, 2.05) is 32.9 Å². The lowest BCUT2D eigenvalue weighted by Gasteiger charge is -2.13. The molecule has 0 saturated carbocycles. The predicted octanol–water partition coefficient (Wildman–Crippen LogP) is 5.80. The van der Waals surface area contributed by atoms with Crippen molar-refractivity contribution in [2.45, 2.75) is 40.7 Å². The van der Waals surface area contributed by atoms with Gasteiger partial charge in [-0.3, -0.25) is 0 Å². The first kappa shape index (κ1) is 17.7. The van der Waals surface area contributed by atoms with Gasteiger partial charge in [0.1, 0.15) is 23.9 Å². The summed E-state index contributed by atoms with van der Waals surface area (Å²) in [6.07, 6.45) is 4.65. The van der Waals surface area contributed by atoms with E-state index in [1.165, 1.54) is 5.56 Å². The first-order chi connectivity index (χ1) is 11.0. The van der Waals surface area contributed by atoms with Gasteiger partial charge in [0, 0.05) is 17.2 Å². The monoisotopic (exact) mass is 378 g/mol. The van der Waals surface area contributed by atoms with Crippen LogP contribution in [-0.2, 0) is 13.0 Å². The van der Waals surface area contributed by atoms with Crippen molar-refractivity contribution < 1.29 is 13.9 Å². The van der Waals surface area contributed by atoms with Gasteiger partial charge in [-0.1, -0.05) is 13.0 Å². The Hall–Kier alpha value is -1.68. The molecule has 124 valence electrons. The third-order valence-corrected chi connectivity index (χ3v) is 4.70. The number of aryl methyl sites for hydroxylation is 2. The van der Waals surface area contributed by atoms with Crippen LogP contribution < -0.4 is 9.47 Å². The van der Waals surface area contributed by atoms with Gasteiger partial charge >= 0.3 is 0 Å². The van der Waals surface area contributed by atoms with Gasteiger partial charge in [-0.15, -0.1) is 0 Å². The second-order valence-electron chi connectivity index (χ2n) is 5.43. The molecule has 23 heavy (non-hydrogen) atoms. The second-order valence-corrected chi connectivity index (χ2v) is 6.29. The summed E-state index contributed by atoms with van der Waals surface area (Å²) in [5.74, 6) is 2.56. The Morgan fingerprint density at radius 3 is 2.52 bits per heavy atom. The van der Waals surface area contributed by atoms with Crippen molar-refractivity contribution in [1.29, 1.82) is 0 Å². The van der Waals surface area contributed by atoms with Crippen molar-refractivity contribution in [2.24, 2.45) is 0 Å². The lowest BCUT2D eigenvalue weighted by molar-refractivity contribution is 0.299. The Labute approximate surface area is 146 Å². The van der Waals surface area contributed by atoms with Crippen molar-refractivity contribution in [3.05, 3.63) is 52.5 Å². The highest BCUT2D eigenvalue weighted by Gasteiger charge is 2.15. The Bertz CT molecular complexity index is 714. The minimum Gasteiger partial charge on any atom is -0.496 e. The van der Waals surface area contributed by atoms with Crippen LogP contribution in [0.1, 0.15) is 41.9 Å². The number of hydrogen-bond donors (Lipinski definition) is 0. The van der Waals surface area contributed by atoms with Crippen LogP contribution in [-0.4, -0.2) is 7.11 Å². The quantitative estimate of drug-likeness (QED) is 0.636. The standard InChI is InChI=1S/C19H23BrO3/c1-6-15-14(11-23-19(15)16(20)7-2)10-22-18-9-17(21-5)12(3)8-13(18)4/h7-9,11H,6,10H2,1-5H3/b16-7+. The van der Waals surface area contributed by atoms with Crippen LogP contribution in [0.5, 0.6) is 11.5 Å². The minimum atomic E-state index is 0.476. The predicted molar refractivity (Wildman–Crippen MR) is 97.5 cm³/mol. The Kier molecular flexibility index (Phi) is 5.94. The van der Waals surface area contributed by atoms with Crippen molar-refractivity contribution in [3.63, 3.8) is 0 Å². The maximum Gasteiger partial charge on any atom is 0.144 e. The maximum absolute atomic E-state index is 6.01. The van der Waals surface area contributed by atoms with Crippen LogP contribution in [0.3, 0.4) is 0 Å². The summed E-state index contributed by atoms with van der Waals surface area (Å²) in [6.45, 7) is 8.64. The van der Waals surface area contributed by atoms with Gasteiger partial charge in [0.25, 0.3) is 0 Å². The van der Waals surface area contributed by atoms with Crippen molar-refractivity contribution >= 4 is 20.4 Å². The van der Waals surface area contributed by atoms with Gasteiger partial charge in [0.2, 0.25) is 0 Å². The van der Waals surface area contributed by atoms with Crippen LogP contribution in [0.25, 0.3) is 4.48 Å². The van der Waals surface area contributed by atoms with E-state index in [1.54, 1.807) is 13.4 Å². The molecule has 0 radical (unpaired) electrons. The first-order valence-corrected chi connectivity index (χ1v) is 8.50. The molecule has 1 aromatic carbocycles. The lowest BCUT2D eigenvalue weighted by atomic mass is 10.1. The number of allylic oxidation sites excluding steroid dienone is 1. The molecular formula is C19H23BrO3. The van der Waals surface area contributed by atoms with E-state index in [0.29, 0.717) is 6.61 Å². The fourth-order valence-corrected chi connectivity index (χ4v) is 2.94. The lowest BCUT2D eigenvalue weighted by Crippen LogP contribution is -2.00. The maximum atomic E-state index is 6.01. The molecule has 2 aromatic rings. The highest BCUT2D eigenvalue weighted by Crippen LogP contribution is 2.32. The van der Waals surface area contributed by atoms with Gasteiger partial charge < -0.3 is 13.9 Å². The summed E-state index contributed by atoms with van der Waals surface area (Å²) in [7, 11) is 1.67. The van der Waals surface area contributed by atoms with E-state index in [9.17, 15) is 0 Å². The summed E-state index contributed by atoms with van der Waals surface area (Å²) < 4.78 is 18.1. The molecule has 1 aromatic heterocycles. The van der Waals surface area contributed by atoms with Crippen LogP contribution in [0, 0.1) is 13.8 Å². The summed E-state index contributed by atoms with van der Waals surface area (Å²) >= 11 is 3.53. The smallest absolute Gasteiger partial charge is 0.144 e. The minimum absolute atomic E-state index is 0.476. The van der Waals surface area contributed by atoms with E-state index in [2.05, 4.69) is 28.9 Å². The molecule has 0 unspecified atom stereocenters. The molecular weight excluding hydrogens is 356 g/mol. The second kappa shape index (κ2) is 7.73. The van der Waals surface area contributed by atoms with E-state index in [4.69, 9.17) is 13.9 Å². The molecule has 0 bridgehead atoms. The number of benzene rings is 1. The van der Waals surface area contributed by atoms with E-state index in [-0.39, 0.29) is 0 Å². The van der Waals surface area contributed by atoms with Crippen molar-refractivity contribution in [2.75, 3.05) is 7.11 Å². The van der Waals surface area contributed by atoms with Crippen molar-refractivity contribution in [1.82, 2.24) is 0 Å². The van der Waals surface area contributed by atoms with Crippen LogP contribution in [0.4, 0.5) is 0 Å². The highest BCUT2D eigenvalue weighted by molar-refractivity contribution is 9.15. The molecule has 0 aliphatic rings. The summed E-state index contributed by atoms with van der Waals surface area (Å²) in [4.78, 5) is 0. The largest absolute Gasteiger partial charge is 0.496 e. The van der Waals surface area contributed by atoms with Gasteiger partial charge in [0.15, 0.2) is 0 Å². The highest BCUT2D eigenvalue weighted by atomic mass is 79.9. The zero-order valence-electron chi connectivity index (χ0n) is 14.3. The molecule has 0 saturated heterocycles. The van der Waals surface area contributed by atoms with E-state index in [0.717, 1.165) is 44.9 Å². The average molecular weight is 379 g/mol. The number of hydrogen-bond acceptors (Lipinski definition) is 3. The molecule has 1 heterocycles. The zero-order chi connectivity index (χ0) is 17.0. The Morgan fingerprint density at radius 1 is 1.22 bits per heavy atom. The number of ether oxygens (including phenoxy) is 2. The molecule has 0 N–H and O–H groups in total. The molecule has 3 nitrogen and oxygen atoms in total. The van der Waals surface area contributed by atoms with E-state index >= 15 is 0 Å². The van der Waals surface area contributed by atoms with Crippen LogP contribution in [0.15, 0.2) is 28.9 Å². The molecule has 0 aliphatic heterocycles. The normalized spacial score (nSPS) is 11.7. The third-order valence-electron chi connectivity index (χ3n) is 3.88. The summed E-state index contributed by atoms with van der Waals surface area (Å²) in [5.41, 5.74) is 4.45. The van der Waals surface area contributed by atoms with Crippen LogP contribution in [0.2, 0.25) is 0 Å². The number of rotatable bonds is 6. The molecule has 0 aliphatic carbocycles. The molecule has 0 atom stereocenters. The van der Waals surface area contributed by atoms with E-state index < -0.39 is 0 Å². The fourth-order valence-electron chi connectivity index (χ4n) is 2.60. The van der Waals surface area contributed by atoms with Gasteiger partial charge in [-0.2, -0.15) is 0 Å². The number of methoxy groups -OCH3 is 1. The zero-order valence-corrected chi connectivity index (χ0v) is 15.9. The first-order valence-electron chi connectivity index (χ1n) is 7.71. The average Bonchev–Trinajstić information content (AvgIpc) is 2.96. The fraction of sp³-hybridized carbons (Fsp3) is 0.368. The van der Waals surface area contributed by atoms with Gasteiger partial charge in [-0.05, 0) is 60.3 Å². The Balaban J connectivity index is 2.23. The van der Waals surface area contributed by atoms with Gasteiger partial charge in [0.05, 0.1) is 17.9 Å². The molecule has 4 heteroatoms. The summed E-state index contributed by atoms with van der Waals surface area (Å²) in [5, 5.41) is 0. The number of furan rings is 1. The number of halogens is 1. The molecule has 0 amide bonds. The Morgan fingerprint density at radius 2 is 1.91 bits per heavy atom. The van der Waals surface area contributed by atoms with Gasteiger partial charge in [-0.25, -0.2) is 0 Å². The molecule has 0 spiro atoms. The SMILES string of the molecule is C/C=C(/Br)c1occ(COc2cc(OC)c(C)cc2C)c1CC. The van der Waals surface area contributed by atoms with Crippen LogP contribution >= 0.6 is 15.9 Å².